The van der Waals surface area contributed by atoms with Crippen LogP contribution >= 0.6 is 0 Å². The van der Waals surface area contributed by atoms with Gasteiger partial charge in [0.05, 0.1) is 12.5 Å². The quantitative estimate of drug-likeness (QED) is 0.748. The summed E-state index contributed by atoms with van der Waals surface area (Å²) in [4.78, 5) is 18.7. The lowest BCUT2D eigenvalue weighted by Crippen LogP contribution is -2.51. The maximum absolute atomic E-state index is 11.2. The molecule has 0 aromatic heterocycles. The molecular formula is C21H33N3O3. The highest BCUT2D eigenvalue weighted by atomic mass is 16.5. The molecule has 6 nitrogen and oxygen atoms in total. The largest absolute Gasteiger partial charge is 0.481 e. The van der Waals surface area contributed by atoms with Crippen molar-refractivity contribution in [3.05, 3.63) is 35.9 Å². The van der Waals surface area contributed by atoms with E-state index < -0.39 is 5.97 Å². The Bertz CT molecular complexity index is 567. The van der Waals surface area contributed by atoms with Crippen LogP contribution in [0.4, 0.5) is 0 Å². The number of carboxylic acids is 1. The van der Waals surface area contributed by atoms with Crippen molar-refractivity contribution in [1.29, 1.82) is 0 Å². The lowest BCUT2D eigenvalue weighted by atomic mass is 9.95. The van der Waals surface area contributed by atoms with Crippen LogP contribution < -0.4 is 0 Å². The Kier molecular flexibility index (Phi) is 7.64. The molecule has 0 saturated carbocycles. The molecule has 2 fully saturated rings. The standard InChI is InChI=1S/C21H33N3O3/c1-27-16-15-22-11-13-24(14-12-22)20(18-5-3-2-4-6-18)17-23-9-7-19(8-10-23)21(25)26/h2-6,19-20H,7-17H2,1H3,(H,25,26). The van der Waals surface area contributed by atoms with Crippen molar-refractivity contribution in [3.63, 3.8) is 0 Å². The highest BCUT2D eigenvalue weighted by Gasteiger charge is 2.30. The Hall–Kier alpha value is -1.47. The molecule has 1 atom stereocenters. The normalized spacial score (nSPS) is 22.0. The molecule has 0 bridgehead atoms. The lowest BCUT2D eigenvalue weighted by Gasteiger charge is -2.42. The topological polar surface area (TPSA) is 56.2 Å². The van der Waals surface area contributed by atoms with Crippen LogP contribution in [0.1, 0.15) is 24.4 Å². The minimum Gasteiger partial charge on any atom is -0.481 e. The second-order valence-corrected chi connectivity index (χ2v) is 7.71. The predicted molar refractivity (Wildman–Crippen MR) is 106 cm³/mol. The number of piperazine rings is 1. The van der Waals surface area contributed by atoms with Gasteiger partial charge >= 0.3 is 5.97 Å². The number of ether oxygens (including phenoxy) is 1. The van der Waals surface area contributed by atoms with Crippen LogP contribution in [0, 0.1) is 5.92 Å². The highest BCUT2D eigenvalue weighted by molar-refractivity contribution is 5.70. The van der Waals surface area contributed by atoms with Gasteiger partial charge in [0.15, 0.2) is 0 Å². The molecule has 2 aliphatic rings. The third kappa shape index (κ3) is 5.75. The zero-order valence-electron chi connectivity index (χ0n) is 16.4. The first-order chi connectivity index (χ1) is 13.2. The maximum atomic E-state index is 11.2. The number of likely N-dealkylation sites (tertiary alicyclic amines) is 1. The first-order valence-corrected chi connectivity index (χ1v) is 10.1. The number of nitrogens with zero attached hydrogens (tertiary/aromatic N) is 3. The molecule has 2 saturated heterocycles. The number of carbonyl (C=O) groups is 1. The average Bonchev–Trinajstić information content (AvgIpc) is 2.72. The van der Waals surface area contributed by atoms with Gasteiger partial charge in [-0.3, -0.25) is 14.6 Å². The first kappa shape index (κ1) is 20.3. The van der Waals surface area contributed by atoms with Crippen LogP contribution in [-0.4, -0.2) is 91.9 Å². The summed E-state index contributed by atoms with van der Waals surface area (Å²) in [5, 5.41) is 9.23. The zero-order valence-corrected chi connectivity index (χ0v) is 16.4. The third-order valence-corrected chi connectivity index (χ3v) is 6.01. The minimum atomic E-state index is -0.638. The number of hydrogen-bond acceptors (Lipinski definition) is 5. The second kappa shape index (κ2) is 10.2. The summed E-state index contributed by atoms with van der Waals surface area (Å²) < 4.78 is 5.21. The van der Waals surface area contributed by atoms with E-state index in [9.17, 15) is 9.90 Å². The van der Waals surface area contributed by atoms with Crippen molar-refractivity contribution in [1.82, 2.24) is 14.7 Å². The van der Waals surface area contributed by atoms with Crippen LogP contribution in [0.5, 0.6) is 0 Å². The molecule has 1 N–H and O–H groups in total. The molecule has 2 heterocycles. The number of methoxy groups -OCH3 is 1. The van der Waals surface area contributed by atoms with Crippen molar-refractivity contribution in [2.75, 3.05) is 66.1 Å². The highest BCUT2D eigenvalue weighted by Crippen LogP contribution is 2.26. The molecule has 1 aromatic carbocycles. The fourth-order valence-electron chi connectivity index (χ4n) is 4.23. The maximum Gasteiger partial charge on any atom is 0.306 e. The first-order valence-electron chi connectivity index (χ1n) is 10.1. The van der Waals surface area contributed by atoms with Crippen LogP contribution in [0.25, 0.3) is 0 Å². The van der Waals surface area contributed by atoms with E-state index in [1.54, 1.807) is 7.11 Å². The molecule has 150 valence electrons. The van der Waals surface area contributed by atoms with Gasteiger partial charge in [0.2, 0.25) is 0 Å². The van der Waals surface area contributed by atoms with Crippen LogP contribution in [0.2, 0.25) is 0 Å². The predicted octanol–water partition coefficient (Wildman–Crippen LogP) is 1.79. The monoisotopic (exact) mass is 375 g/mol. The summed E-state index contributed by atoms with van der Waals surface area (Å²) in [5.41, 5.74) is 1.36. The summed E-state index contributed by atoms with van der Waals surface area (Å²) in [7, 11) is 1.76. The number of aliphatic carboxylic acids is 1. The smallest absolute Gasteiger partial charge is 0.306 e. The molecule has 0 spiro atoms. The van der Waals surface area contributed by atoms with Gasteiger partial charge in [-0.1, -0.05) is 30.3 Å². The van der Waals surface area contributed by atoms with E-state index in [-0.39, 0.29) is 5.92 Å². The van der Waals surface area contributed by atoms with E-state index in [1.165, 1.54) is 5.56 Å². The van der Waals surface area contributed by atoms with Gasteiger partial charge in [-0.2, -0.15) is 0 Å². The molecule has 1 unspecified atom stereocenters. The van der Waals surface area contributed by atoms with Crippen molar-refractivity contribution in [3.8, 4) is 0 Å². The van der Waals surface area contributed by atoms with E-state index in [2.05, 4.69) is 45.0 Å². The van der Waals surface area contributed by atoms with E-state index >= 15 is 0 Å². The summed E-state index contributed by atoms with van der Waals surface area (Å²) in [6, 6.07) is 11.1. The van der Waals surface area contributed by atoms with Gasteiger partial charge in [0.1, 0.15) is 0 Å². The van der Waals surface area contributed by atoms with E-state index in [0.29, 0.717) is 6.04 Å². The Morgan fingerprint density at radius 2 is 1.74 bits per heavy atom. The summed E-state index contributed by atoms with van der Waals surface area (Å²) >= 11 is 0. The van der Waals surface area contributed by atoms with Crippen LogP contribution in [0.15, 0.2) is 30.3 Å². The summed E-state index contributed by atoms with van der Waals surface area (Å²) in [6.45, 7) is 8.83. The third-order valence-electron chi connectivity index (χ3n) is 6.01. The molecular weight excluding hydrogens is 342 g/mol. The number of rotatable bonds is 8. The second-order valence-electron chi connectivity index (χ2n) is 7.71. The van der Waals surface area contributed by atoms with Gasteiger partial charge < -0.3 is 14.7 Å². The Morgan fingerprint density at radius 1 is 1.07 bits per heavy atom. The SMILES string of the molecule is COCCN1CCN(C(CN2CCC(C(=O)O)CC2)c2ccccc2)CC1. The Labute approximate surface area is 162 Å². The van der Waals surface area contributed by atoms with Gasteiger partial charge in [-0.25, -0.2) is 0 Å². The Morgan fingerprint density at radius 3 is 2.33 bits per heavy atom. The van der Waals surface area contributed by atoms with Crippen LogP contribution in [0.3, 0.4) is 0 Å². The van der Waals surface area contributed by atoms with Gasteiger partial charge in [-0.05, 0) is 31.5 Å². The van der Waals surface area contributed by atoms with E-state index in [4.69, 9.17) is 4.74 Å². The number of benzene rings is 1. The molecule has 0 amide bonds. The fourth-order valence-corrected chi connectivity index (χ4v) is 4.23. The summed E-state index contributed by atoms with van der Waals surface area (Å²) in [5.74, 6) is -0.804. The molecule has 6 heteroatoms. The lowest BCUT2D eigenvalue weighted by molar-refractivity contribution is -0.143. The van der Waals surface area contributed by atoms with Crippen molar-refractivity contribution in [2.45, 2.75) is 18.9 Å². The molecule has 1 aromatic rings. The van der Waals surface area contributed by atoms with Gasteiger partial charge in [-0.15, -0.1) is 0 Å². The van der Waals surface area contributed by atoms with E-state index in [0.717, 1.165) is 71.8 Å². The van der Waals surface area contributed by atoms with E-state index in [1.807, 2.05) is 0 Å². The van der Waals surface area contributed by atoms with Crippen molar-refractivity contribution < 1.29 is 14.6 Å². The van der Waals surface area contributed by atoms with Gasteiger partial charge in [0.25, 0.3) is 0 Å². The molecule has 27 heavy (non-hydrogen) atoms. The number of hydrogen-bond donors (Lipinski definition) is 1. The van der Waals surface area contributed by atoms with Gasteiger partial charge in [0, 0.05) is 52.4 Å². The fraction of sp³-hybridized carbons (Fsp3) is 0.667. The van der Waals surface area contributed by atoms with Crippen LogP contribution in [-0.2, 0) is 9.53 Å². The molecule has 3 rings (SSSR count). The summed E-state index contributed by atoms with van der Waals surface area (Å²) in [6.07, 6.45) is 1.53. The van der Waals surface area contributed by atoms with Crippen molar-refractivity contribution >= 4 is 5.97 Å². The number of carboxylic acid groups (broad SMARTS) is 1. The Balaban J connectivity index is 1.60. The zero-order chi connectivity index (χ0) is 19.1. The molecule has 0 radical (unpaired) electrons. The minimum absolute atomic E-state index is 0.166. The molecule has 0 aliphatic carbocycles. The number of piperidine rings is 1. The average molecular weight is 376 g/mol. The van der Waals surface area contributed by atoms with Crippen molar-refractivity contribution in [2.24, 2.45) is 5.92 Å². The molecule has 2 aliphatic heterocycles.